The van der Waals surface area contributed by atoms with Crippen LogP contribution in [0.3, 0.4) is 0 Å². The maximum absolute atomic E-state index is 13.2. The maximum atomic E-state index is 13.2. The van der Waals surface area contributed by atoms with Crippen molar-refractivity contribution in [2.45, 2.75) is 11.6 Å². The minimum Gasteiger partial charge on any atom is -0.375 e. The number of aromatic amines is 1. The molecule has 2 aromatic heterocycles. The van der Waals surface area contributed by atoms with E-state index >= 15 is 0 Å². The van der Waals surface area contributed by atoms with E-state index in [4.69, 9.17) is 0 Å². The molecule has 0 aliphatic carbocycles. The van der Waals surface area contributed by atoms with Gasteiger partial charge in [-0.05, 0) is 36.2 Å². The Balaban J connectivity index is 1.30. The fraction of sp³-hybridized carbons (Fsp3) is 0.208. The predicted octanol–water partition coefficient (Wildman–Crippen LogP) is 4.53. The van der Waals surface area contributed by atoms with Crippen molar-refractivity contribution >= 4 is 44.9 Å². The summed E-state index contributed by atoms with van der Waals surface area (Å²) in [7, 11) is 2.03. The fourth-order valence-electron chi connectivity index (χ4n) is 3.38. The van der Waals surface area contributed by atoms with E-state index in [2.05, 4.69) is 32.3 Å². The number of H-pyrrole nitrogens is 1. The van der Waals surface area contributed by atoms with Gasteiger partial charge >= 0.3 is 0 Å². The molecule has 0 saturated heterocycles. The van der Waals surface area contributed by atoms with Crippen molar-refractivity contribution in [3.63, 3.8) is 0 Å². The van der Waals surface area contributed by atoms with Gasteiger partial charge in [-0.25, -0.2) is 9.37 Å². The number of carbonyl (C=O) groups is 1. The van der Waals surface area contributed by atoms with Gasteiger partial charge in [-0.1, -0.05) is 42.1 Å². The zero-order valence-electron chi connectivity index (χ0n) is 18.0. The molecule has 2 N–H and O–H groups in total. The standard InChI is InChI=1S/C24H23FN4O2S2/c1-29(18-6-3-2-4-7-18)13-5-12-26-20(30)15-33-24-27-22(31)21-19(14-32-23(21)28-24)16-8-10-17(25)11-9-16/h2-4,6-11,14H,5,12-13,15H2,1H3,(H,26,30)(H,27,28,31). The van der Waals surface area contributed by atoms with Gasteiger partial charge in [-0.2, -0.15) is 0 Å². The number of benzene rings is 2. The second kappa shape index (κ2) is 10.6. The average Bonchev–Trinajstić information content (AvgIpc) is 3.26. The van der Waals surface area contributed by atoms with E-state index in [0.717, 1.165) is 29.8 Å². The van der Waals surface area contributed by atoms with Gasteiger partial charge in [0, 0.05) is 36.8 Å². The highest BCUT2D eigenvalue weighted by Crippen LogP contribution is 2.31. The van der Waals surface area contributed by atoms with Gasteiger partial charge in [0.25, 0.3) is 5.56 Å². The van der Waals surface area contributed by atoms with Crippen molar-refractivity contribution in [1.82, 2.24) is 15.3 Å². The number of hydrogen-bond acceptors (Lipinski definition) is 6. The summed E-state index contributed by atoms with van der Waals surface area (Å²) in [5, 5.41) is 5.63. The number of thioether (sulfide) groups is 1. The normalized spacial score (nSPS) is 11.0. The number of nitrogens with one attached hydrogen (secondary N) is 2. The van der Waals surface area contributed by atoms with Crippen molar-refractivity contribution in [2.24, 2.45) is 0 Å². The van der Waals surface area contributed by atoms with Crippen molar-refractivity contribution < 1.29 is 9.18 Å². The van der Waals surface area contributed by atoms with Crippen LogP contribution in [0.4, 0.5) is 10.1 Å². The van der Waals surface area contributed by atoms with Crippen molar-refractivity contribution in [3.05, 3.63) is 76.1 Å². The molecule has 2 aromatic carbocycles. The summed E-state index contributed by atoms with van der Waals surface area (Å²) in [6.07, 6.45) is 0.824. The van der Waals surface area contributed by atoms with Crippen LogP contribution in [0, 0.1) is 5.82 Å². The number of hydrogen-bond donors (Lipinski definition) is 2. The van der Waals surface area contributed by atoms with Gasteiger partial charge in [0.05, 0.1) is 11.1 Å². The number of anilines is 1. The highest BCUT2D eigenvalue weighted by atomic mass is 32.2. The largest absolute Gasteiger partial charge is 0.375 e. The van der Waals surface area contributed by atoms with E-state index in [1.165, 1.54) is 35.2 Å². The third-order valence-corrected chi connectivity index (χ3v) is 6.85. The van der Waals surface area contributed by atoms with Crippen LogP contribution in [0.2, 0.25) is 0 Å². The Labute approximate surface area is 198 Å². The van der Waals surface area contributed by atoms with Gasteiger partial charge in [0.15, 0.2) is 5.16 Å². The van der Waals surface area contributed by atoms with E-state index in [0.29, 0.717) is 21.9 Å². The average molecular weight is 483 g/mol. The minimum atomic E-state index is -0.328. The number of aromatic nitrogens is 2. The lowest BCUT2D eigenvalue weighted by Crippen LogP contribution is -2.29. The molecule has 0 aliphatic rings. The number of para-hydroxylation sites is 1. The monoisotopic (exact) mass is 482 g/mol. The minimum absolute atomic E-state index is 0.108. The van der Waals surface area contributed by atoms with Gasteiger partial charge in [-0.15, -0.1) is 11.3 Å². The number of halogens is 1. The van der Waals surface area contributed by atoms with Crippen LogP contribution in [-0.4, -0.2) is 41.8 Å². The summed E-state index contributed by atoms with van der Waals surface area (Å²) >= 11 is 2.54. The summed E-state index contributed by atoms with van der Waals surface area (Å²) in [4.78, 5) is 34.9. The second-order valence-electron chi connectivity index (χ2n) is 7.46. The number of nitrogens with zero attached hydrogens (tertiary/aromatic N) is 2. The summed E-state index contributed by atoms with van der Waals surface area (Å²) in [6.45, 7) is 1.41. The topological polar surface area (TPSA) is 78.1 Å². The third-order valence-electron chi connectivity index (χ3n) is 5.11. The Morgan fingerprint density at radius 1 is 1.18 bits per heavy atom. The summed E-state index contributed by atoms with van der Waals surface area (Å²) in [6, 6.07) is 16.1. The molecule has 9 heteroatoms. The quantitative estimate of drug-likeness (QED) is 0.208. The lowest BCUT2D eigenvalue weighted by Gasteiger charge is -2.19. The molecule has 4 rings (SSSR count). The molecule has 2 heterocycles. The van der Waals surface area contributed by atoms with Gasteiger partial charge in [0.1, 0.15) is 10.6 Å². The molecule has 0 aliphatic heterocycles. The molecule has 0 spiro atoms. The van der Waals surface area contributed by atoms with Gasteiger partial charge in [-0.3, -0.25) is 9.59 Å². The maximum Gasteiger partial charge on any atom is 0.260 e. The molecule has 0 saturated carbocycles. The van der Waals surface area contributed by atoms with Gasteiger partial charge < -0.3 is 15.2 Å². The Hall–Kier alpha value is -3.17. The van der Waals surface area contributed by atoms with Crippen molar-refractivity contribution in [1.29, 1.82) is 0 Å². The molecule has 0 unspecified atom stereocenters. The number of carbonyl (C=O) groups excluding carboxylic acids is 1. The van der Waals surface area contributed by atoms with Gasteiger partial charge in [0.2, 0.25) is 5.91 Å². The summed E-state index contributed by atoms with van der Waals surface area (Å²) < 4.78 is 13.2. The van der Waals surface area contributed by atoms with E-state index in [1.54, 1.807) is 12.1 Å². The van der Waals surface area contributed by atoms with Crippen molar-refractivity contribution in [2.75, 3.05) is 30.8 Å². The molecule has 6 nitrogen and oxygen atoms in total. The lowest BCUT2D eigenvalue weighted by molar-refractivity contribution is -0.118. The first-order valence-electron chi connectivity index (χ1n) is 10.4. The summed E-state index contributed by atoms with van der Waals surface area (Å²) in [5.41, 5.74) is 2.35. The van der Waals surface area contributed by atoms with Crippen LogP contribution < -0.4 is 15.8 Å². The molecule has 0 bridgehead atoms. The zero-order valence-corrected chi connectivity index (χ0v) is 19.6. The predicted molar refractivity (Wildman–Crippen MR) is 134 cm³/mol. The Bertz CT molecular complexity index is 1290. The van der Waals surface area contributed by atoms with Crippen LogP contribution in [0.5, 0.6) is 0 Å². The Kier molecular flexibility index (Phi) is 7.41. The van der Waals surface area contributed by atoms with Crippen LogP contribution >= 0.6 is 23.1 Å². The Morgan fingerprint density at radius 2 is 1.94 bits per heavy atom. The van der Waals surface area contributed by atoms with E-state index in [1.807, 2.05) is 30.6 Å². The third kappa shape index (κ3) is 5.80. The molecule has 4 aromatic rings. The van der Waals surface area contributed by atoms with E-state index < -0.39 is 0 Å². The molecule has 0 atom stereocenters. The fourth-order valence-corrected chi connectivity index (χ4v) is 5.08. The number of rotatable bonds is 9. The van der Waals surface area contributed by atoms with E-state index in [-0.39, 0.29) is 23.0 Å². The first-order valence-corrected chi connectivity index (χ1v) is 12.3. The van der Waals surface area contributed by atoms with Crippen LogP contribution in [-0.2, 0) is 4.79 Å². The van der Waals surface area contributed by atoms with Crippen LogP contribution in [0.25, 0.3) is 21.3 Å². The van der Waals surface area contributed by atoms with Crippen LogP contribution in [0.1, 0.15) is 6.42 Å². The molecular formula is C24H23FN4O2S2. The molecule has 1 amide bonds. The first-order chi connectivity index (χ1) is 16.0. The molecule has 0 radical (unpaired) electrons. The van der Waals surface area contributed by atoms with Crippen LogP contribution in [0.15, 0.2) is 69.9 Å². The SMILES string of the molecule is CN(CCCNC(=O)CSc1nc2scc(-c3ccc(F)cc3)c2c(=O)[nH]1)c1ccccc1. The number of amides is 1. The highest BCUT2D eigenvalue weighted by Gasteiger charge is 2.14. The smallest absolute Gasteiger partial charge is 0.260 e. The highest BCUT2D eigenvalue weighted by molar-refractivity contribution is 7.99. The number of thiophene rings is 1. The number of fused-ring (bicyclic) bond motifs is 1. The summed E-state index contributed by atoms with van der Waals surface area (Å²) in [5.74, 6) is -0.270. The molecule has 170 valence electrons. The lowest BCUT2D eigenvalue weighted by atomic mass is 10.1. The molecule has 33 heavy (non-hydrogen) atoms. The van der Waals surface area contributed by atoms with E-state index in [9.17, 15) is 14.0 Å². The van der Waals surface area contributed by atoms with Crippen molar-refractivity contribution in [3.8, 4) is 11.1 Å². The molecule has 0 fully saturated rings. The Morgan fingerprint density at radius 3 is 2.70 bits per heavy atom. The first kappa shape index (κ1) is 23.0. The molecular weight excluding hydrogens is 459 g/mol. The second-order valence-corrected chi connectivity index (χ2v) is 9.28. The zero-order chi connectivity index (χ0) is 23.2.